The van der Waals surface area contributed by atoms with Crippen molar-refractivity contribution < 1.29 is 14.3 Å². The van der Waals surface area contributed by atoms with Crippen molar-refractivity contribution in [2.45, 2.75) is 32.2 Å². The Labute approximate surface area is 226 Å². The largest absolute Gasteiger partial charge is 0.449 e. The highest BCUT2D eigenvalue weighted by Gasteiger charge is 2.32. The zero-order chi connectivity index (χ0) is 27.2. The number of hydrogen-bond donors (Lipinski definition) is 2. The average Bonchev–Trinajstić information content (AvgIpc) is 3.34. The molecular weight excluding hydrogens is 504 g/mol. The Morgan fingerprint density at radius 1 is 1.29 bits per heavy atom. The van der Waals surface area contributed by atoms with Crippen molar-refractivity contribution in [1.29, 1.82) is 5.26 Å². The van der Waals surface area contributed by atoms with Gasteiger partial charge in [-0.1, -0.05) is 19.1 Å². The van der Waals surface area contributed by atoms with E-state index in [1.54, 1.807) is 9.47 Å². The van der Waals surface area contributed by atoms with Gasteiger partial charge in [-0.15, -0.1) is 0 Å². The first-order valence-electron chi connectivity index (χ1n) is 12.3. The molecule has 1 aliphatic rings. The maximum absolute atomic E-state index is 12.4. The van der Waals surface area contributed by atoms with Gasteiger partial charge in [0.15, 0.2) is 10.8 Å². The Balaban J connectivity index is 1.49. The van der Waals surface area contributed by atoms with Gasteiger partial charge in [0.25, 0.3) is 0 Å². The summed E-state index contributed by atoms with van der Waals surface area (Å²) in [5, 5.41) is 13.5. The topological polar surface area (TPSA) is 142 Å². The first kappa shape index (κ1) is 26.8. The van der Waals surface area contributed by atoms with E-state index in [4.69, 9.17) is 28.0 Å². The summed E-state index contributed by atoms with van der Waals surface area (Å²) >= 11 is 5.67. The fourth-order valence-corrected chi connectivity index (χ4v) is 4.97. The van der Waals surface area contributed by atoms with Crippen molar-refractivity contribution in [2.75, 3.05) is 37.0 Å². The number of carbonyl (C=O) groups excluding carboxylic acids is 2. The molecule has 198 valence electrons. The molecule has 2 atom stereocenters. The zero-order valence-electron chi connectivity index (χ0n) is 21.3. The standard InChI is InChI=1S/C26H30N8O3S/c1-17-8-12-33(22(35)7-11-27)15-21(17)32(2)23-20-9-13-34(24(20)30-16-29-23)26(38)31-19-5-3-18(4-6-19)10-14-37-25(28)36/h3-6,9,13,16-17,21H,7-8,10,12,14-15H2,1-2H3,(H2,28,36)(H,31,38)/t17-,21+/m1/s1. The van der Waals surface area contributed by atoms with Crippen LogP contribution in [-0.4, -0.2) is 69.3 Å². The van der Waals surface area contributed by atoms with Gasteiger partial charge < -0.3 is 25.6 Å². The smallest absolute Gasteiger partial charge is 0.404 e. The summed E-state index contributed by atoms with van der Waals surface area (Å²) in [5.41, 5.74) is 7.47. The van der Waals surface area contributed by atoms with Crippen molar-refractivity contribution in [3.05, 3.63) is 48.4 Å². The highest BCUT2D eigenvalue weighted by Crippen LogP contribution is 2.30. The predicted octanol–water partition coefficient (Wildman–Crippen LogP) is 2.90. The van der Waals surface area contributed by atoms with E-state index in [9.17, 15) is 9.59 Å². The third-order valence-electron chi connectivity index (χ3n) is 6.85. The van der Waals surface area contributed by atoms with Gasteiger partial charge in [0.2, 0.25) is 5.91 Å². The fourth-order valence-electron chi connectivity index (χ4n) is 4.71. The van der Waals surface area contributed by atoms with E-state index in [1.807, 2.05) is 49.6 Å². The SMILES string of the molecule is C[C@@H]1CCN(C(=O)CC#N)C[C@@H]1N(C)c1ncnc2c1ccn2C(=S)Nc1ccc(CCOC(N)=O)cc1. The van der Waals surface area contributed by atoms with Gasteiger partial charge in [-0.05, 0) is 48.3 Å². The van der Waals surface area contributed by atoms with Crippen LogP contribution in [0.2, 0.25) is 0 Å². The molecule has 0 aliphatic carbocycles. The Morgan fingerprint density at radius 3 is 2.76 bits per heavy atom. The van der Waals surface area contributed by atoms with Gasteiger partial charge in [-0.2, -0.15) is 5.26 Å². The lowest BCUT2D eigenvalue weighted by Gasteiger charge is -2.42. The molecule has 0 unspecified atom stereocenters. The first-order chi connectivity index (χ1) is 18.3. The monoisotopic (exact) mass is 534 g/mol. The molecule has 3 N–H and O–H groups in total. The molecule has 1 aromatic carbocycles. The number of nitriles is 1. The van der Waals surface area contributed by atoms with E-state index in [0.29, 0.717) is 36.2 Å². The number of likely N-dealkylation sites (tertiary alicyclic amines) is 1. The number of amides is 2. The number of anilines is 2. The molecule has 11 nitrogen and oxygen atoms in total. The molecule has 2 aromatic heterocycles. The molecule has 1 aliphatic heterocycles. The molecule has 12 heteroatoms. The summed E-state index contributed by atoms with van der Waals surface area (Å²) in [6, 6.07) is 11.6. The second-order valence-corrected chi connectivity index (χ2v) is 9.67. The summed E-state index contributed by atoms with van der Waals surface area (Å²) in [4.78, 5) is 36.0. The van der Waals surface area contributed by atoms with Crippen molar-refractivity contribution in [2.24, 2.45) is 11.7 Å². The zero-order valence-corrected chi connectivity index (χ0v) is 22.1. The quantitative estimate of drug-likeness (QED) is 0.437. The van der Waals surface area contributed by atoms with Gasteiger partial charge in [0.1, 0.15) is 18.6 Å². The maximum atomic E-state index is 12.4. The van der Waals surface area contributed by atoms with Crippen molar-refractivity contribution >= 4 is 51.9 Å². The van der Waals surface area contributed by atoms with Crippen LogP contribution in [0.1, 0.15) is 25.3 Å². The summed E-state index contributed by atoms with van der Waals surface area (Å²) < 4.78 is 6.58. The minimum Gasteiger partial charge on any atom is -0.449 e. The Bertz CT molecular complexity index is 1370. The lowest BCUT2D eigenvalue weighted by Crippen LogP contribution is -2.52. The van der Waals surface area contributed by atoms with Crippen LogP contribution in [-0.2, 0) is 16.0 Å². The van der Waals surface area contributed by atoms with Gasteiger partial charge in [-0.25, -0.2) is 14.8 Å². The minimum absolute atomic E-state index is 0.0461. The fraction of sp³-hybridized carbons (Fsp3) is 0.385. The number of nitrogens with zero attached hydrogens (tertiary/aromatic N) is 6. The van der Waals surface area contributed by atoms with Crippen LogP contribution in [0.3, 0.4) is 0 Å². The molecule has 3 aromatic rings. The molecule has 0 radical (unpaired) electrons. The number of likely N-dealkylation sites (N-methyl/N-ethyl adjacent to an activating group) is 1. The molecule has 0 saturated carbocycles. The van der Waals surface area contributed by atoms with Crippen LogP contribution in [0.25, 0.3) is 11.0 Å². The number of rotatable bonds is 7. The highest BCUT2D eigenvalue weighted by atomic mass is 32.1. The second kappa shape index (κ2) is 11.9. The van der Waals surface area contributed by atoms with Gasteiger partial charge in [-0.3, -0.25) is 9.36 Å². The molecule has 1 fully saturated rings. The van der Waals surface area contributed by atoms with E-state index >= 15 is 0 Å². The summed E-state index contributed by atoms with van der Waals surface area (Å²) in [7, 11) is 1.98. The second-order valence-electron chi connectivity index (χ2n) is 9.28. The Kier molecular flexibility index (Phi) is 8.38. The van der Waals surface area contributed by atoms with Gasteiger partial charge in [0.05, 0.1) is 24.1 Å². The predicted molar refractivity (Wildman–Crippen MR) is 148 cm³/mol. The van der Waals surface area contributed by atoms with Crippen LogP contribution in [0, 0.1) is 17.2 Å². The van der Waals surface area contributed by atoms with E-state index in [2.05, 4.69) is 27.1 Å². The van der Waals surface area contributed by atoms with Crippen molar-refractivity contribution in [3.8, 4) is 6.07 Å². The minimum atomic E-state index is -0.785. The number of nitrogens with two attached hydrogens (primary N) is 1. The lowest BCUT2D eigenvalue weighted by atomic mass is 9.92. The number of aromatic nitrogens is 3. The molecule has 38 heavy (non-hydrogen) atoms. The third-order valence-corrected chi connectivity index (χ3v) is 7.15. The number of primary amides is 1. The molecular formula is C26H30N8O3S. The van der Waals surface area contributed by atoms with Crippen LogP contribution < -0.4 is 16.0 Å². The Hall–Kier alpha value is -4.24. The molecule has 3 heterocycles. The number of ether oxygens (including phenoxy) is 1. The highest BCUT2D eigenvalue weighted by molar-refractivity contribution is 7.80. The number of benzene rings is 1. The van der Waals surface area contributed by atoms with E-state index in [0.717, 1.165) is 28.9 Å². The van der Waals surface area contributed by atoms with Crippen LogP contribution >= 0.6 is 12.2 Å². The normalized spacial score (nSPS) is 17.0. The van der Waals surface area contributed by atoms with E-state index in [-0.39, 0.29) is 25.0 Å². The number of nitrogens with one attached hydrogen (secondary N) is 1. The lowest BCUT2D eigenvalue weighted by molar-refractivity contribution is -0.131. The average molecular weight is 535 g/mol. The third kappa shape index (κ3) is 6.00. The molecule has 0 bridgehead atoms. The maximum Gasteiger partial charge on any atom is 0.404 e. The first-order valence-corrected chi connectivity index (χ1v) is 12.7. The van der Waals surface area contributed by atoms with Gasteiger partial charge >= 0.3 is 6.09 Å². The van der Waals surface area contributed by atoms with Crippen LogP contribution in [0.5, 0.6) is 0 Å². The summed E-state index contributed by atoms with van der Waals surface area (Å²) in [6.07, 6.45) is 3.89. The van der Waals surface area contributed by atoms with Crippen molar-refractivity contribution in [1.82, 2.24) is 19.4 Å². The van der Waals surface area contributed by atoms with Crippen LogP contribution in [0.15, 0.2) is 42.9 Å². The van der Waals surface area contributed by atoms with Crippen molar-refractivity contribution in [3.63, 3.8) is 0 Å². The summed E-state index contributed by atoms with van der Waals surface area (Å²) in [6.45, 7) is 3.59. The Morgan fingerprint density at radius 2 is 2.05 bits per heavy atom. The summed E-state index contributed by atoms with van der Waals surface area (Å²) in [5.74, 6) is 0.956. The number of thiocarbonyl (C=S) groups is 1. The number of hydrogen-bond acceptors (Lipinski definition) is 8. The molecule has 0 spiro atoms. The van der Waals surface area contributed by atoms with E-state index in [1.165, 1.54) is 6.33 Å². The molecule has 4 rings (SSSR count). The number of carbonyl (C=O) groups is 2. The van der Waals surface area contributed by atoms with Crippen LogP contribution in [0.4, 0.5) is 16.3 Å². The number of piperidine rings is 1. The van der Waals surface area contributed by atoms with E-state index < -0.39 is 6.09 Å². The molecule has 1 saturated heterocycles. The molecule has 2 amide bonds. The number of fused-ring (bicyclic) bond motifs is 1. The van der Waals surface area contributed by atoms with Gasteiger partial charge in [0, 0.05) is 38.4 Å².